The molecule has 0 unspecified atom stereocenters. The van der Waals surface area contributed by atoms with Crippen LogP contribution in [0, 0.1) is 5.92 Å². The molecule has 0 saturated carbocycles. The Balaban J connectivity index is 3.15. The molecular formula is C12H16Cl2. The third-order valence-corrected chi connectivity index (χ3v) is 3.27. The topological polar surface area (TPSA) is 0 Å². The Hall–Kier alpha value is -0.200. The van der Waals surface area contributed by atoms with Gasteiger partial charge in [-0.1, -0.05) is 50.0 Å². The summed E-state index contributed by atoms with van der Waals surface area (Å²) in [6, 6.07) is 5.71. The predicted molar refractivity (Wildman–Crippen MR) is 64.3 cm³/mol. The Morgan fingerprint density at radius 2 is 1.64 bits per heavy atom. The number of halogens is 2. The maximum absolute atomic E-state index is 6.16. The van der Waals surface area contributed by atoms with Crippen LogP contribution in [-0.4, -0.2) is 0 Å². The molecule has 0 bridgehead atoms. The molecule has 0 amide bonds. The smallest absolute Gasteiger partial charge is 0.0455 e. The largest absolute Gasteiger partial charge is 0.0840 e. The van der Waals surface area contributed by atoms with Gasteiger partial charge in [0, 0.05) is 10.0 Å². The lowest BCUT2D eigenvalue weighted by Gasteiger charge is -2.21. The Kier molecular flexibility index (Phi) is 4.28. The number of rotatable bonds is 3. The van der Waals surface area contributed by atoms with Gasteiger partial charge in [-0.15, -0.1) is 0 Å². The van der Waals surface area contributed by atoms with Crippen LogP contribution < -0.4 is 0 Å². The molecule has 0 aromatic heterocycles. The molecule has 0 N–H and O–H groups in total. The first-order chi connectivity index (χ1) is 6.57. The van der Waals surface area contributed by atoms with E-state index in [1.165, 1.54) is 0 Å². The summed E-state index contributed by atoms with van der Waals surface area (Å²) in [5.74, 6) is 1.02. The van der Waals surface area contributed by atoms with Crippen molar-refractivity contribution in [2.45, 2.75) is 33.1 Å². The van der Waals surface area contributed by atoms with E-state index in [0.717, 1.165) is 22.0 Å². The molecule has 0 saturated heterocycles. The maximum Gasteiger partial charge on any atom is 0.0455 e. The van der Waals surface area contributed by atoms with E-state index in [9.17, 15) is 0 Å². The Morgan fingerprint density at radius 1 is 1.14 bits per heavy atom. The van der Waals surface area contributed by atoms with Crippen LogP contribution in [-0.2, 0) is 0 Å². The first-order valence-corrected chi connectivity index (χ1v) is 5.77. The monoisotopic (exact) mass is 230 g/mol. The maximum atomic E-state index is 6.16. The van der Waals surface area contributed by atoms with Crippen molar-refractivity contribution in [1.82, 2.24) is 0 Å². The first-order valence-electron chi connectivity index (χ1n) is 5.01. The fourth-order valence-corrected chi connectivity index (χ4v) is 2.55. The van der Waals surface area contributed by atoms with Crippen LogP contribution in [0.5, 0.6) is 0 Å². The number of hydrogen-bond donors (Lipinski definition) is 0. The average molecular weight is 231 g/mol. The van der Waals surface area contributed by atoms with Crippen LogP contribution in [0.15, 0.2) is 18.2 Å². The molecule has 1 rings (SSSR count). The van der Waals surface area contributed by atoms with Crippen LogP contribution >= 0.6 is 23.2 Å². The van der Waals surface area contributed by atoms with Crippen LogP contribution in [0.4, 0.5) is 0 Å². The molecule has 0 heterocycles. The van der Waals surface area contributed by atoms with Crippen LogP contribution in [0.2, 0.25) is 10.0 Å². The van der Waals surface area contributed by atoms with Crippen molar-refractivity contribution < 1.29 is 0 Å². The molecule has 0 fully saturated rings. The lowest BCUT2D eigenvalue weighted by Crippen LogP contribution is -2.06. The fourth-order valence-electron chi connectivity index (χ4n) is 1.87. The van der Waals surface area contributed by atoms with Crippen molar-refractivity contribution in [2.24, 2.45) is 5.92 Å². The molecule has 1 aromatic carbocycles. The summed E-state index contributed by atoms with van der Waals surface area (Å²) in [7, 11) is 0. The minimum absolute atomic E-state index is 0.455. The summed E-state index contributed by atoms with van der Waals surface area (Å²) in [6.45, 7) is 6.58. The normalized spacial score (nSPS) is 13.3. The zero-order valence-electron chi connectivity index (χ0n) is 8.85. The van der Waals surface area contributed by atoms with Gasteiger partial charge in [0.25, 0.3) is 0 Å². The van der Waals surface area contributed by atoms with E-state index in [0.29, 0.717) is 11.8 Å². The standard InChI is InChI=1S/C12H16Cl2/c1-4-9(8(2)3)12-10(13)6-5-7-11(12)14/h5-9H,4H2,1-3H3/t9-/m1/s1. The van der Waals surface area contributed by atoms with Gasteiger partial charge in [0.05, 0.1) is 0 Å². The summed E-state index contributed by atoms with van der Waals surface area (Å²) >= 11 is 12.3. The van der Waals surface area contributed by atoms with Gasteiger partial charge >= 0.3 is 0 Å². The van der Waals surface area contributed by atoms with E-state index >= 15 is 0 Å². The molecule has 0 aliphatic heterocycles. The van der Waals surface area contributed by atoms with Crippen molar-refractivity contribution >= 4 is 23.2 Å². The Labute approximate surface area is 96.2 Å². The van der Waals surface area contributed by atoms with Gasteiger partial charge in [-0.3, -0.25) is 0 Å². The summed E-state index contributed by atoms with van der Waals surface area (Å²) in [4.78, 5) is 0. The van der Waals surface area contributed by atoms with E-state index in [4.69, 9.17) is 23.2 Å². The summed E-state index contributed by atoms with van der Waals surface area (Å²) in [5.41, 5.74) is 1.10. The molecule has 0 spiro atoms. The minimum Gasteiger partial charge on any atom is -0.0840 e. The quantitative estimate of drug-likeness (QED) is 0.675. The van der Waals surface area contributed by atoms with Crippen LogP contribution in [0.25, 0.3) is 0 Å². The molecule has 0 aliphatic carbocycles. The van der Waals surface area contributed by atoms with Gasteiger partial charge in [-0.2, -0.15) is 0 Å². The number of hydrogen-bond acceptors (Lipinski definition) is 0. The van der Waals surface area contributed by atoms with Gasteiger partial charge in [0.2, 0.25) is 0 Å². The van der Waals surface area contributed by atoms with Crippen molar-refractivity contribution in [3.05, 3.63) is 33.8 Å². The zero-order valence-corrected chi connectivity index (χ0v) is 10.4. The molecular weight excluding hydrogens is 215 g/mol. The highest BCUT2D eigenvalue weighted by Crippen LogP contribution is 2.37. The second kappa shape index (κ2) is 5.04. The fraction of sp³-hybridized carbons (Fsp3) is 0.500. The van der Waals surface area contributed by atoms with Crippen LogP contribution in [0.3, 0.4) is 0 Å². The second-order valence-corrected chi connectivity index (χ2v) is 4.71. The molecule has 0 radical (unpaired) electrons. The van der Waals surface area contributed by atoms with E-state index in [1.54, 1.807) is 0 Å². The van der Waals surface area contributed by atoms with E-state index < -0.39 is 0 Å². The molecule has 1 aromatic rings. The Bertz CT molecular complexity index is 285. The SMILES string of the molecule is CC[C@@H](c1c(Cl)cccc1Cl)C(C)C. The molecule has 14 heavy (non-hydrogen) atoms. The van der Waals surface area contributed by atoms with Crippen molar-refractivity contribution in [1.29, 1.82) is 0 Å². The lowest BCUT2D eigenvalue weighted by atomic mass is 9.86. The van der Waals surface area contributed by atoms with Gasteiger partial charge < -0.3 is 0 Å². The van der Waals surface area contributed by atoms with Crippen LogP contribution in [0.1, 0.15) is 38.7 Å². The Morgan fingerprint density at radius 3 is 2.00 bits per heavy atom. The summed E-state index contributed by atoms with van der Waals surface area (Å²) in [6.07, 6.45) is 1.07. The molecule has 2 heteroatoms. The average Bonchev–Trinajstić information content (AvgIpc) is 2.10. The molecule has 78 valence electrons. The number of benzene rings is 1. The second-order valence-electron chi connectivity index (χ2n) is 3.89. The highest BCUT2D eigenvalue weighted by atomic mass is 35.5. The van der Waals surface area contributed by atoms with Gasteiger partial charge in [-0.05, 0) is 36.0 Å². The van der Waals surface area contributed by atoms with Gasteiger partial charge in [0.1, 0.15) is 0 Å². The third-order valence-electron chi connectivity index (χ3n) is 2.62. The highest BCUT2D eigenvalue weighted by Gasteiger charge is 2.19. The highest BCUT2D eigenvalue weighted by molar-refractivity contribution is 6.36. The molecule has 0 aliphatic rings. The summed E-state index contributed by atoms with van der Waals surface area (Å²) < 4.78 is 0. The zero-order chi connectivity index (χ0) is 10.7. The van der Waals surface area contributed by atoms with Gasteiger partial charge in [0.15, 0.2) is 0 Å². The van der Waals surface area contributed by atoms with Gasteiger partial charge in [-0.25, -0.2) is 0 Å². The molecule has 0 nitrogen and oxygen atoms in total. The predicted octanol–water partition coefficient (Wildman–Crippen LogP) is 5.14. The van der Waals surface area contributed by atoms with Crippen molar-refractivity contribution in [3.63, 3.8) is 0 Å². The van der Waals surface area contributed by atoms with Crippen molar-refractivity contribution in [2.75, 3.05) is 0 Å². The molecule has 1 atom stereocenters. The van der Waals surface area contributed by atoms with E-state index in [-0.39, 0.29) is 0 Å². The summed E-state index contributed by atoms with van der Waals surface area (Å²) in [5, 5.41) is 1.58. The van der Waals surface area contributed by atoms with E-state index in [2.05, 4.69) is 20.8 Å². The first kappa shape index (κ1) is 11.9. The third kappa shape index (κ3) is 2.43. The van der Waals surface area contributed by atoms with Crippen molar-refractivity contribution in [3.8, 4) is 0 Å². The minimum atomic E-state index is 0.455. The van der Waals surface area contributed by atoms with E-state index in [1.807, 2.05) is 18.2 Å². The lowest BCUT2D eigenvalue weighted by molar-refractivity contribution is 0.485.